The Morgan fingerprint density at radius 2 is 0.494 bits per heavy atom. The molecule has 0 rings (SSSR count). The van der Waals surface area contributed by atoms with E-state index in [1.54, 1.807) is 0 Å². The average Bonchev–Trinajstić information content (AvgIpc) is 3.45. The normalized spacial score (nSPS) is 12.8. The number of hydrogen-bond donors (Lipinski definition) is 0. The molecule has 0 saturated carbocycles. The third-order valence-corrected chi connectivity index (χ3v) is 14.3. The highest BCUT2D eigenvalue weighted by molar-refractivity contribution is 5.71. The maximum atomic E-state index is 12.9. The summed E-state index contributed by atoms with van der Waals surface area (Å²) < 4.78 is 16.9. The van der Waals surface area contributed by atoms with Crippen molar-refractivity contribution in [1.29, 1.82) is 0 Å². The van der Waals surface area contributed by atoms with Crippen molar-refractivity contribution < 1.29 is 28.6 Å². The lowest BCUT2D eigenvalue weighted by Crippen LogP contribution is -2.30. The monoisotopic (exact) mass is 1100 g/mol. The van der Waals surface area contributed by atoms with Crippen molar-refractivity contribution in [2.75, 3.05) is 13.2 Å². The van der Waals surface area contributed by atoms with Crippen LogP contribution in [0, 0.1) is 0 Å². The van der Waals surface area contributed by atoms with Gasteiger partial charge >= 0.3 is 17.9 Å². The largest absolute Gasteiger partial charge is 0.462 e. The molecule has 0 aromatic heterocycles. The first kappa shape index (κ1) is 75.1. The molecule has 0 aliphatic carbocycles. The SMILES string of the molecule is CC/C=C\C/C=C\C/C=C\C/C=C\C/C=C\C/C=C\C/C=C\C/C=C\C/C=C\CCCCCCCC(=O)OCC(COC(=O)CCCCCCCCCCCCCCC)OC(=O)CCCCCCCCCCCCCCCCC. The fraction of sp³-hybridized carbons (Fsp3) is 0.712. The number of esters is 3. The van der Waals surface area contributed by atoms with Gasteiger partial charge in [0.05, 0.1) is 0 Å². The zero-order valence-electron chi connectivity index (χ0n) is 51.9. The zero-order valence-corrected chi connectivity index (χ0v) is 51.9. The molecule has 0 aliphatic rings. The standard InChI is InChI=1S/C73H124O6/c1-4-7-10-13-16-19-22-25-27-28-29-30-31-32-33-34-35-36-37-38-39-40-41-42-43-44-46-48-51-54-57-60-63-66-72(75)78-69-70(68-77-71(74)65-62-59-56-53-50-47-24-21-18-15-12-9-6-3)79-73(76)67-64-61-58-55-52-49-45-26-23-20-17-14-11-8-5-2/h7,10,16,19,25,27,29-30,32-33,35-36,38-39,41-42,44,46,70H,4-6,8-9,11-15,17-18,20-24,26,28,31,34,37,40,43,45,47-69H2,1-3H3/b10-7-,19-16-,27-25-,30-29-,33-32-,36-35-,39-38-,42-41-,46-44-. The van der Waals surface area contributed by atoms with E-state index in [1.807, 2.05) is 0 Å². The number of ether oxygens (including phenoxy) is 3. The predicted molar refractivity (Wildman–Crippen MR) is 343 cm³/mol. The second kappa shape index (κ2) is 66.6. The van der Waals surface area contributed by atoms with Gasteiger partial charge in [-0.15, -0.1) is 0 Å². The highest BCUT2D eigenvalue weighted by Gasteiger charge is 2.19. The number of hydrogen-bond acceptors (Lipinski definition) is 6. The molecule has 6 heteroatoms. The van der Waals surface area contributed by atoms with Crippen LogP contribution in [0.25, 0.3) is 0 Å². The molecule has 1 atom stereocenters. The highest BCUT2D eigenvalue weighted by atomic mass is 16.6. The van der Waals surface area contributed by atoms with E-state index in [2.05, 4.69) is 130 Å². The van der Waals surface area contributed by atoms with Crippen molar-refractivity contribution in [3.8, 4) is 0 Å². The van der Waals surface area contributed by atoms with Crippen molar-refractivity contribution in [3.63, 3.8) is 0 Å². The van der Waals surface area contributed by atoms with Gasteiger partial charge in [0.25, 0.3) is 0 Å². The van der Waals surface area contributed by atoms with Crippen molar-refractivity contribution >= 4 is 17.9 Å². The van der Waals surface area contributed by atoms with Gasteiger partial charge in [0.1, 0.15) is 13.2 Å². The predicted octanol–water partition coefficient (Wildman–Crippen LogP) is 23.0. The second-order valence-corrected chi connectivity index (χ2v) is 22.0. The maximum Gasteiger partial charge on any atom is 0.306 e. The van der Waals surface area contributed by atoms with Gasteiger partial charge in [0, 0.05) is 19.3 Å². The zero-order chi connectivity index (χ0) is 57.1. The van der Waals surface area contributed by atoms with E-state index in [1.165, 1.54) is 141 Å². The van der Waals surface area contributed by atoms with E-state index in [0.717, 1.165) is 135 Å². The van der Waals surface area contributed by atoms with Gasteiger partial charge in [0.15, 0.2) is 6.10 Å². The lowest BCUT2D eigenvalue weighted by atomic mass is 10.0. The Kier molecular flexibility index (Phi) is 63.3. The molecule has 0 fully saturated rings. The quantitative estimate of drug-likeness (QED) is 0.0261. The van der Waals surface area contributed by atoms with E-state index in [0.29, 0.717) is 19.3 Å². The van der Waals surface area contributed by atoms with Crippen molar-refractivity contribution in [3.05, 3.63) is 109 Å². The van der Waals surface area contributed by atoms with Gasteiger partial charge in [0.2, 0.25) is 0 Å². The molecule has 1 unspecified atom stereocenters. The van der Waals surface area contributed by atoms with E-state index in [9.17, 15) is 14.4 Å². The molecular formula is C73H124O6. The lowest BCUT2D eigenvalue weighted by Gasteiger charge is -2.18. The van der Waals surface area contributed by atoms with Crippen LogP contribution in [0.3, 0.4) is 0 Å². The first-order valence-electron chi connectivity index (χ1n) is 33.4. The molecule has 0 aromatic carbocycles. The summed E-state index contributed by atoms with van der Waals surface area (Å²) in [6.45, 7) is 6.54. The number of unbranched alkanes of at least 4 members (excludes halogenated alkanes) is 31. The van der Waals surface area contributed by atoms with Gasteiger partial charge in [-0.2, -0.15) is 0 Å². The first-order chi connectivity index (χ1) is 39.0. The number of rotatable bonds is 60. The minimum atomic E-state index is -0.784. The summed E-state index contributed by atoms with van der Waals surface area (Å²) in [5, 5.41) is 0. The van der Waals surface area contributed by atoms with Gasteiger partial charge in [-0.25, -0.2) is 0 Å². The summed E-state index contributed by atoms with van der Waals surface area (Å²) in [6, 6.07) is 0. The molecule has 79 heavy (non-hydrogen) atoms. The fourth-order valence-corrected chi connectivity index (χ4v) is 9.32. The van der Waals surface area contributed by atoms with E-state index >= 15 is 0 Å². The minimum Gasteiger partial charge on any atom is -0.462 e. The molecule has 0 heterocycles. The van der Waals surface area contributed by atoms with Crippen LogP contribution < -0.4 is 0 Å². The Bertz CT molecular complexity index is 1590. The van der Waals surface area contributed by atoms with E-state index in [4.69, 9.17) is 14.2 Å². The summed E-state index contributed by atoms with van der Waals surface area (Å²) in [5.74, 6) is -0.887. The Labute approximate surface area is 489 Å². The number of allylic oxidation sites excluding steroid dienone is 18. The topological polar surface area (TPSA) is 78.9 Å². The Balaban J connectivity index is 4.29. The summed E-state index contributed by atoms with van der Waals surface area (Å²) >= 11 is 0. The molecule has 0 amide bonds. The smallest absolute Gasteiger partial charge is 0.306 e. The van der Waals surface area contributed by atoms with Crippen LogP contribution in [-0.2, 0) is 28.6 Å². The molecule has 6 nitrogen and oxygen atoms in total. The Morgan fingerprint density at radius 1 is 0.266 bits per heavy atom. The molecule has 0 saturated heterocycles. The molecule has 0 bridgehead atoms. The number of carbonyl (C=O) groups is 3. The van der Waals surface area contributed by atoms with Crippen LogP contribution >= 0.6 is 0 Å². The van der Waals surface area contributed by atoms with Crippen LogP contribution in [0.4, 0.5) is 0 Å². The third kappa shape index (κ3) is 64.8. The number of carbonyl (C=O) groups excluding carboxylic acids is 3. The van der Waals surface area contributed by atoms with Crippen molar-refractivity contribution in [1.82, 2.24) is 0 Å². The summed E-state index contributed by atoms with van der Waals surface area (Å²) in [4.78, 5) is 38.3. The van der Waals surface area contributed by atoms with Crippen LogP contribution in [0.5, 0.6) is 0 Å². The summed E-state index contributed by atoms with van der Waals surface area (Å²) in [6.07, 6.45) is 91.0. The highest BCUT2D eigenvalue weighted by Crippen LogP contribution is 2.17. The molecular weight excluding hydrogens is 973 g/mol. The van der Waals surface area contributed by atoms with E-state index < -0.39 is 6.10 Å². The molecule has 0 N–H and O–H groups in total. The van der Waals surface area contributed by atoms with Crippen LogP contribution in [0.15, 0.2) is 109 Å². The Morgan fingerprint density at radius 3 is 0.772 bits per heavy atom. The van der Waals surface area contributed by atoms with Crippen LogP contribution in [-0.4, -0.2) is 37.2 Å². The summed E-state index contributed by atoms with van der Waals surface area (Å²) in [5.41, 5.74) is 0. The van der Waals surface area contributed by atoms with Gasteiger partial charge < -0.3 is 14.2 Å². The molecule has 0 radical (unpaired) electrons. The molecule has 0 aliphatic heterocycles. The van der Waals surface area contributed by atoms with Crippen molar-refractivity contribution in [2.45, 2.75) is 322 Å². The molecule has 0 aromatic rings. The lowest BCUT2D eigenvalue weighted by molar-refractivity contribution is -0.167. The fourth-order valence-electron chi connectivity index (χ4n) is 9.32. The minimum absolute atomic E-state index is 0.0798. The van der Waals surface area contributed by atoms with Crippen LogP contribution in [0.2, 0.25) is 0 Å². The Hall–Kier alpha value is -3.93. The van der Waals surface area contributed by atoms with Crippen LogP contribution in [0.1, 0.15) is 316 Å². The first-order valence-corrected chi connectivity index (χ1v) is 33.4. The van der Waals surface area contributed by atoms with Gasteiger partial charge in [-0.05, 0) is 89.9 Å². The van der Waals surface area contributed by atoms with Gasteiger partial charge in [-0.1, -0.05) is 316 Å². The maximum absolute atomic E-state index is 12.9. The average molecular weight is 1100 g/mol. The third-order valence-electron chi connectivity index (χ3n) is 14.3. The second-order valence-electron chi connectivity index (χ2n) is 22.0. The molecule has 452 valence electrons. The summed E-state index contributed by atoms with van der Waals surface area (Å²) in [7, 11) is 0. The van der Waals surface area contributed by atoms with E-state index in [-0.39, 0.29) is 31.1 Å². The van der Waals surface area contributed by atoms with Gasteiger partial charge in [-0.3, -0.25) is 14.4 Å². The van der Waals surface area contributed by atoms with Crippen molar-refractivity contribution in [2.24, 2.45) is 0 Å². The molecule has 0 spiro atoms.